The topological polar surface area (TPSA) is 50.8 Å². The molecule has 0 unspecified atom stereocenters. The van der Waals surface area contributed by atoms with Gasteiger partial charge in [-0.3, -0.25) is 0 Å². The Morgan fingerprint density at radius 1 is 0.882 bits per heavy atom. The third kappa shape index (κ3) is 2.93. The highest BCUT2D eigenvalue weighted by Crippen LogP contribution is 2.08. The van der Waals surface area contributed by atoms with Gasteiger partial charge in [0.05, 0.1) is 0 Å². The van der Waals surface area contributed by atoms with Crippen molar-refractivity contribution in [3.8, 4) is 0 Å². The number of nitrogens with two attached hydrogens (primary N) is 1. The summed E-state index contributed by atoms with van der Waals surface area (Å²) in [6.07, 6.45) is 0. The summed E-state index contributed by atoms with van der Waals surface area (Å²) < 4.78 is 25.4. The molecule has 0 saturated carbocycles. The van der Waals surface area contributed by atoms with Gasteiger partial charge < -0.3 is 0 Å². The zero-order valence-corrected chi connectivity index (χ0v) is 10.3. The molecule has 0 aliphatic heterocycles. The lowest BCUT2D eigenvalue weighted by Crippen LogP contribution is -2.81. The average Bonchev–Trinajstić information content (AvgIpc) is 2.30. The monoisotopic (exact) mass is 248 g/mol. The third-order valence-corrected chi connectivity index (χ3v) is 3.95. The first-order valence-electron chi connectivity index (χ1n) is 5.29. The molecule has 0 aliphatic carbocycles. The second kappa shape index (κ2) is 4.69. The number of primary sulfonamides is 1. The van der Waals surface area contributed by atoms with E-state index in [1.165, 1.54) is 4.72 Å². The average molecular weight is 248 g/mol. The van der Waals surface area contributed by atoms with Crippen LogP contribution in [0.1, 0.15) is 5.56 Å². The fraction of sp³-hybridized carbons (Fsp3) is 0.0769. The molecular weight excluding hydrogens is 234 g/mol. The van der Waals surface area contributed by atoms with E-state index in [0.29, 0.717) is 10.6 Å². The normalized spacial score (nSPS) is 11.4. The van der Waals surface area contributed by atoms with Crippen LogP contribution in [-0.4, -0.2) is 8.42 Å². The van der Waals surface area contributed by atoms with Crippen LogP contribution in [0.15, 0.2) is 59.5 Å². The fourth-order valence-corrected chi connectivity index (χ4v) is 2.67. The number of hydrogen-bond donors (Lipinski definition) is 1. The minimum Gasteiger partial charge on any atom is -0.205 e. The highest BCUT2D eigenvalue weighted by atomic mass is 32.2. The van der Waals surface area contributed by atoms with Crippen LogP contribution in [0.3, 0.4) is 0 Å². The maximum absolute atomic E-state index is 12.1. The first-order chi connectivity index (χ1) is 8.08. The van der Waals surface area contributed by atoms with Gasteiger partial charge in [0.15, 0.2) is 0 Å². The van der Waals surface area contributed by atoms with Crippen LogP contribution in [0, 0.1) is 6.92 Å². The fourth-order valence-electron chi connectivity index (χ4n) is 1.51. The van der Waals surface area contributed by atoms with Gasteiger partial charge in [0.2, 0.25) is 0 Å². The molecule has 4 heteroatoms. The summed E-state index contributed by atoms with van der Waals surface area (Å²) in [4.78, 5) is 0.326. The molecule has 0 amide bonds. The Hall–Kier alpha value is -1.65. The van der Waals surface area contributed by atoms with E-state index < -0.39 is 10.0 Å². The Balaban J connectivity index is 2.29. The maximum Gasteiger partial charge on any atom is 0.328 e. The summed E-state index contributed by atoms with van der Waals surface area (Å²) in [6, 6.07) is 15.9. The Kier molecular flexibility index (Phi) is 3.26. The molecule has 0 atom stereocenters. The summed E-state index contributed by atoms with van der Waals surface area (Å²) in [6.45, 7) is 1.93. The van der Waals surface area contributed by atoms with E-state index in [9.17, 15) is 8.42 Å². The van der Waals surface area contributed by atoms with Gasteiger partial charge in [-0.15, -0.1) is 0 Å². The molecule has 0 bridgehead atoms. The van der Waals surface area contributed by atoms with Crippen LogP contribution in [0.4, 0.5) is 5.69 Å². The quantitative estimate of drug-likeness (QED) is 0.838. The van der Waals surface area contributed by atoms with Crippen molar-refractivity contribution in [3.05, 3.63) is 60.2 Å². The molecule has 2 rings (SSSR count). The van der Waals surface area contributed by atoms with Gasteiger partial charge in [0.25, 0.3) is 0 Å². The molecule has 0 aliphatic rings. The van der Waals surface area contributed by atoms with Crippen LogP contribution < -0.4 is 4.72 Å². The SMILES string of the molecule is Cc1ccc(S(=O)(=O)[NH2+]c2ccccc2)cc1. The van der Waals surface area contributed by atoms with Gasteiger partial charge in [0, 0.05) is 12.1 Å². The molecule has 2 N–H and O–H groups in total. The summed E-state index contributed by atoms with van der Waals surface area (Å²) in [7, 11) is -3.36. The lowest BCUT2D eigenvalue weighted by Gasteiger charge is -2.02. The minimum absolute atomic E-state index is 0.326. The van der Waals surface area contributed by atoms with E-state index in [0.717, 1.165) is 5.56 Å². The van der Waals surface area contributed by atoms with Crippen LogP contribution in [0.2, 0.25) is 0 Å². The van der Waals surface area contributed by atoms with Crippen LogP contribution in [-0.2, 0) is 10.0 Å². The van der Waals surface area contributed by atoms with Crippen molar-refractivity contribution in [2.24, 2.45) is 0 Å². The Morgan fingerprint density at radius 3 is 2.06 bits per heavy atom. The molecule has 2 aromatic rings. The van der Waals surface area contributed by atoms with Crippen LogP contribution in [0.25, 0.3) is 0 Å². The first kappa shape index (κ1) is 11.8. The van der Waals surface area contributed by atoms with E-state index in [2.05, 4.69) is 0 Å². The van der Waals surface area contributed by atoms with Crippen molar-refractivity contribution in [1.29, 1.82) is 0 Å². The predicted octanol–water partition coefficient (Wildman–Crippen LogP) is 1.58. The Bertz CT molecular complexity index is 589. The molecular formula is C13H14NO2S+. The molecule has 0 radical (unpaired) electrons. The van der Waals surface area contributed by atoms with E-state index in [-0.39, 0.29) is 0 Å². The molecule has 2 aromatic carbocycles. The lowest BCUT2D eigenvalue weighted by atomic mass is 10.2. The molecule has 3 nitrogen and oxygen atoms in total. The second-order valence-corrected chi connectivity index (χ2v) is 5.68. The summed E-state index contributed by atoms with van der Waals surface area (Å²) in [5.74, 6) is 0. The molecule has 0 aromatic heterocycles. The van der Waals surface area contributed by atoms with Gasteiger partial charge in [0.1, 0.15) is 10.6 Å². The highest BCUT2D eigenvalue weighted by molar-refractivity contribution is 7.85. The molecule has 88 valence electrons. The summed E-state index contributed by atoms with van der Waals surface area (Å²) in [5.41, 5.74) is 1.73. The number of quaternary nitrogens is 1. The second-order valence-electron chi connectivity index (χ2n) is 3.89. The minimum atomic E-state index is -3.36. The van der Waals surface area contributed by atoms with E-state index in [4.69, 9.17) is 0 Å². The number of sulfonamides is 1. The number of rotatable bonds is 3. The lowest BCUT2D eigenvalue weighted by molar-refractivity contribution is -0.397. The number of benzene rings is 2. The van der Waals surface area contributed by atoms with E-state index in [1.54, 1.807) is 36.4 Å². The van der Waals surface area contributed by atoms with Gasteiger partial charge in [-0.05, 0) is 19.1 Å². The van der Waals surface area contributed by atoms with Gasteiger partial charge in [-0.25, -0.2) is 4.72 Å². The molecule has 0 heterocycles. The largest absolute Gasteiger partial charge is 0.328 e. The molecule has 17 heavy (non-hydrogen) atoms. The van der Waals surface area contributed by atoms with Crippen molar-refractivity contribution >= 4 is 15.7 Å². The Labute approximate surface area is 101 Å². The van der Waals surface area contributed by atoms with Gasteiger partial charge in [-0.1, -0.05) is 35.9 Å². The van der Waals surface area contributed by atoms with Crippen LogP contribution >= 0.6 is 0 Å². The van der Waals surface area contributed by atoms with Gasteiger partial charge >= 0.3 is 10.0 Å². The van der Waals surface area contributed by atoms with Crippen molar-refractivity contribution in [1.82, 2.24) is 0 Å². The van der Waals surface area contributed by atoms with Gasteiger partial charge in [-0.2, -0.15) is 8.42 Å². The zero-order chi connectivity index (χ0) is 12.3. The van der Waals surface area contributed by atoms with Crippen molar-refractivity contribution in [2.75, 3.05) is 0 Å². The standard InChI is InChI=1S/C13H13NO2S/c1-11-7-9-13(10-8-11)17(15,16)14-12-5-3-2-4-6-12/h2-10,14H,1H3/p+1. The van der Waals surface area contributed by atoms with E-state index in [1.807, 2.05) is 25.1 Å². The predicted molar refractivity (Wildman–Crippen MR) is 66.4 cm³/mol. The van der Waals surface area contributed by atoms with E-state index >= 15 is 0 Å². The number of aryl methyl sites for hydroxylation is 1. The van der Waals surface area contributed by atoms with Crippen molar-refractivity contribution < 1.29 is 13.1 Å². The Morgan fingerprint density at radius 2 is 1.47 bits per heavy atom. The third-order valence-electron chi connectivity index (χ3n) is 2.44. The smallest absolute Gasteiger partial charge is 0.205 e. The first-order valence-corrected chi connectivity index (χ1v) is 6.84. The maximum atomic E-state index is 12.1. The number of hydrogen-bond acceptors (Lipinski definition) is 2. The summed E-state index contributed by atoms with van der Waals surface area (Å²) >= 11 is 0. The molecule has 0 saturated heterocycles. The highest BCUT2D eigenvalue weighted by Gasteiger charge is 2.18. The molecule has 0 fully saturated rings. The van der Waals surface area contributed by atoms with Crippen molar-refractivity contribution in [2.45, 2.75) is 11.8 Å². The molecule has 0 spiro atoms. The summed E-state index contributed by atoms with van der Waals surface area (Å²) in [5, 5.41) is 0. The zero-order valence-electron chi connectivity index (χ0n) is 9.50. The van der Waals surface area contributed by atoms with Crippen molar-refractivity contribution in [3.63, 3.8) is 0 Å². The van der Waals surface area contributed by atoms with Crippen LogP contribution in [0.5, 0.6) is 0 Å².